The van der Waals surface area contributed by atoms with E-state index in [1.165, 1.54) is 12.1 Å². The van der Waals surface area contributed by atoms with Crippen LogP contribution in [-0.2, 0) is 0 Å². The summed E-state index contributed by atoms with van der Waals surface area (Å²) in [5.74, 6) is -0.333. The zero-order valence-corrected chi connectivity index (χ0v) is 8.66. The molecular formula is C11H12FN3O. The summed E-state index contributed by atoms with van der Waals surface area (Å²) in [6, 6.07) is 4.37. The Kier molecular flexibility index (Phi) is 2.07. The first kappa shape index (κ1) is 9.59. The second kappa shape index (κ2) is 3.45. The van der Waals surface area contributed by atoms with Crippen molar-refractivity contribution >= 4 is 11.0 Å². The smallest absolute Gasteiger partial charge is 0.305 e. The molecule has 5 heteroatoms. The second-order valence-corrected chi connectivity index (χ2v) is 4.07. The molecule has 16 heavy (non-hydrogen) atoms. The predicted octanol–water partition coefficient (Wildman–Crippen LogP) is 1.35. The summed E-state index contributed by atoms with van der Waals surface area (Å²) in [4.78, 5) is 14.5. The summed E-state index contributed by atoms with van der Waals surface area (Å²) < 4.78 is 14.7. The monoisotopic (exact) mass is 221 g/mol. The van der Waals surface area contributed by atoms with Gasteiger partial charge in [0.1, 0.15) is 5.82 Å². The minimum Gasteiger partial charge on any atom is -0.305 e. The Morgan fingerprint density at radius 2 is 2.31 bits per heavy atom. The molecule has 0 spiro atoms. The maximum absolute atomic E-state index is 13.0. The highest BCUT2D eigenvalue weighted by Crippen LogP contribution is 2.20. The van der Waals surface area contributed by atoms with Gasteiger partial charge in [0.05, 0.1) is 17.2 Å². The number of benzene rings is 1. The Balaban J connectivity index is 2.23. The number of nitrogens with zero attached hydrogens (tertiary/aromatic N) is 1. The van der Waals surface area contributed by atoms with Crippen LogP contribution in [0.1, 0.15) is 19.0 Å². The van der Waals surface area contributed by atoms with E-state index in [4.69, 9.17) is 0 Å². The third-order valence-electron chi connectivity index (χ3n) is 3.02. The lowest BCUT2D eigenvalue weighted by molar-refractivity contribution is 0.469. The molecule has 1 unspecified atom stereocenters. The molecule has 2 aromatic rings. The third-order valence-corrected chi connectivity index (χ3v) is 3.02. The number of hydrogen-bond acceptors (Lipinski definition) is 2. The van der Waals surface area contributed by atoms with Crippen molar-refractivity contribution in [3.63, 3.8) is 0 Å². The van der Waals surface area contributed by atoms with Crippen molar-refractivity contribution in [2.45, 2.75) is 19.0 Å². The van der Waals surface area contributed by atoms with E-state index in [-0.39, 0.29) is 17.7 Å². The fraction of sp³-hybridized carbons (Fsp3) is 0.364. The van der Waals surface area contributed by atoms with Gasteiger partial charge in [-0.05, 0) is 37.6 Å². The van der Waals surface area contributed by atoms with Crippen LogP contribution >= 0.6 is 0 Å². The van der Waals surface area contributed by atoms with Gasteiger partial charge in [-0.1, -0.05) is 0 Å². The van der Waals surface area contributed by atoms with Crippen molar-refractivity contribution in [1.29, 1.82) is 0 Å². The number of aromatic nitrogens is 2. The van der Waals surface area contributed by atoms with Crippen molar-refractivity contribution in [2.75, 3.05) is 6.54 Å². The van der Waals surface area contributed by atoms with Crippen molar-refractivity contribution < 1.29 is 4.39 Å². The SMILES string of the molecule is O=c1[nH]c2cc(F)ccc2n1C1CCCN1. The molecule has 2 heterocycles. The average molecular weight is 221 g/mol. The molecule has 2 N–H and O–H groups in total. The highest BCUT2D eigenvalue weighted by atomic mass is 19.1. The van der Waals surface area contributed by atoms with Crippen LogP contribution in [0.25, 0.3) is 11.0 Å². The lowest BCUT2D eigenvalue weighted by Crippen LogP contribution is -2.28. The summed E-state index contributed by atoms with van der Waals surface area (Å²) in [6.07, 6.45) is 2.03. The number of nitrogens with one attached hydrogen (secondary N) is 2. The largest absolute Gasteiger partial charge is 0.327 e. The van der Waals surface area contributed by atoms with Gasteiger partial charge >= 0.3 is 5.69 Å². The van der Waals surface area contributed by atoms with Crippen molar-refractivity contribution in [3.8, 4) is 0 Å². The molecule has 1 fully saturated rings. The number of rotatable bonds is 1. The molecule has 84 valence electrons. The number of H-pyrrole nitrogens is 1. The first-order valence-electron chi connectivity index (χ1n) is 5.39. The first-order valence-corrected chi connectivity index (χ1v) is 5.39. The van der Waals surface area contributed by atoms with Gasteiger partial charge in [0.15, 0.2) is 0 Å². The molecule has 1 saturated heterocycles. The first-order chi connectivity index (χ1) is 7.75. The van der Waals surface area contributed by atoms with Crippen LogP contribution in [0.15, 0.2) is 23.0 Å². The second-order valence-electron chi connectivity index (χ2n) is 4.07. The Bertz CT molecular complexity index is 580. The number of halogens is 1. The lowest BCUT2D eigenvalue weighted by Gasteiger charge is -2.11. The van der Waals surface area contributed by atoms with Crippen LogP contribution in [0.3, 0.4) is 0 Å². The molecule has 1 aliphatic rings. The number of hydrogen-bond donors (Lipinski definition) is 2. The van der Waals surface area contributed by atoms with Crippen molar-refractivity contribution in [2.24, 2.45) is 0 Å². The third kappa shape index (κ3) is 1.36. The van der Waals surface area contributed by atoms with E-state index in [1.54, 1.807) is 10.6 Å². The van der Waals surface area contributed by atoms with E-state index >= 15 is 0 Å². The minimum atomic E-state index is -0.333. The van der Waals surface area contributed by atoms with E-state index in [0.717, 1.165) is 24.9 Å². The molecule has 0 aliphatic carbocycles. The zero-order chi connectivity index (χ0) is 11.1. The summed E-state index contributed by atoms with van der Waals surface area (Å²) in [6.45, 7) is 0.922. The van der Waals surface area contributed by atoms with Gasteiger partial charge in [-0.15, -0.1) is 0 Å². The highest BCUT2D eigenvalue weighted by molar-refractivity contribution is 5.75. The van der Waals surface area contributed by atoms with Gasteiger partial charge in [-0.25, -0.2) is 9.18 Å². The molecule has 0 radical (unpaired) electrons. The molecule has 1 aromatic heterocycles. The molecule has 1 aliphatic heterocycles. The standard InChI is InChI=1S/C11H12FN3O/c12-7-3-4-9-8(6-7)14-11(16)15(9)10-2-1-5-13-10/h3-4,6,10,13H,1-2,5H2,(H,14,16). The lowest BCUT2D eigenvalue weighted by atomic mass is 10.3. The van der Waals surface area contributed by atoms with Crippen LogP contribution < -0.4 is 11.0 Å². The van der Waals surface area contributed by atoms with Crippen molar-refractivity contribution in [1.82, 2.24) is 14.9 Å². The van der Waals surface area contributed by atoms with E-state index in [2.05, 4.69) is 10.3 Å². The van der Waals surface area contributed by atoms with Crippen LogP contribution in [0.5, 0.6) is 0 Å². The molecule has 3 rings (SSSR count). The number of imidazole rings is 1. The van der Waals surface area contributed by atoms with Crippen molar-refractivity contribution in [3.05, 3.63) is 34.5 Å². The minimum absolute atomic E-state index is 0.0340. The number of aromatic amines is 1. The van der Waals surface area contributed by atoms with Crippen LogP contribution in [-0.4, -0.2) is 16.1 Å². The van der Waals surface area contributed by atoms with Gasteiger partial charge in [-0.2, -0.15) is 0 Å². The number of fused-ring (bicyclic) bond motifs is 1. The average Bonchev–Trinajstić information content (AvgIpc) is 2.83. The summed E-state index contributed by atoms with van der Waals surface area (Å²) >= 11 is 0. The molecule has 0 amide bonds. The predicted molar refractivity (Wildman–Crippen MR) is 58.8 cm³/mol. The molecule has 1 atom stereocenters. The Labute approximate surface area is 91.1 Å². The quantitative estimate of drug-likeness (QED) is 0.763. The van der Waals surface area contributed by atoms with E-state index < -0.39 is 0 Å². The zero-order valence-electron chi connectivity index (χ0n) is 8.66. The summed E-state index contributed by atoms with van der Waals surface area (Å²) in [7, 11) is 0. The van der Waals surface area contributed by atoms with E-state index in [1.807, 2.05) is 0 Å². The molecule has 1 aromatic carbocycles. The Morgan fingerprint density at radius 3 is 3.06 bits per heavy atom. The van der Waals surface area contributed by atoms with Gasteiger partial charge in [0.25, 0.3) is 0 Å². The fourth-order valence-corrected chi connectivity index (χ4v) is 2.30. The van der Waals surface area contributed by atoms with E-state index in [9.17, 15) is 9.18 Å². The van der Waals surface area contributed by atoms with Gasteiger partial charge in [-0.3, -0.25) is 9.88 Å². The van der Waals surface area contributed by atoms with Gasteiger partial charge < -0.3 is 4.98 Å². The maximum atomic E-state index is 13.0. The van der Waals surface area contributed by atoms with Gasteiger partial charge in [0.2, 0.25) is 0 Å². The van der Waals surface area contributed by atoms with E-state index in [0.29, 0.717) is 5.52 Å². The normalized spacial score (nSPS) is 20.7. The fourth-order valence-electron chi connectivity index (χ4n) is 2.30. The molecule has 0 bridgehead atoms. The molecule has 4 nitrogen and oxygen atoms in total. The Morgan fingerprint density at radius 1 is 1.44 bits per heavy atom. The maximum Gasteiger partial charge on any atom is 0.327 e. The topological polar surface area (TPSA) is 49.8 Å². The molecular weight excluding hydrogens is 209 g/mol. The highest BCUT2D eigenvalue weighted by Gasteiger charge is 2.20. The van der Waals surface area contributed by atoms with Crippen LogP contribution in [0.2, 0.25) is 0 Å². The van der Waals surface area contributed by atoms with Crippen LogP contribution in [0.4, 0.5) is 4.39 Å². The summed E-state index contributed by atoms with van der Waals surface area (Å²) in [5, 5.41) is 3.26. The van der Waals surface area contributed by atoms with Gasteiger partial charge in [0, 0.05) is 0 Å². The Hall–Kier alpha value is -1.62. The van der Waals surface area contributed by atoms with Crippen LogP contribution in [0, 0.1) is 5.82 Å². The summed E-state index contributed by atoms with van der Waals surface area (Å²) in [5.41, 5.74) is 1.13. The molecule has 0 saturated carbocycles.